The predicted molar refractivity (Wildman–Crippen MR) is 77.6 cm³/mol. The van der Waals surface area contributed by atoms with Crippen LogP contribution in [0.5, 0.6) is 11.5 Å². The van der Waals surface area contributed by atoms with E-state index in [1.54, 1.807) is 12.1 Å². The van der Waals surface area contributed by atoms with Crippen molar-refractivity contribution in [1.29, 1.82) is 0 Å². The molecule has 0 fully saturated rings. The number of phenolic OH excluding ortho intramolecular Hbond substituents is 1. The third-order valence-electron chi connectivity index (χ3n) is 2.64. The highest BCUT2D eigenvalue weighted by Crippen LogP contribution is 2.25. The van der Waals surface area contributed by atoms with Crippen molar-refractivity contribution in [3.05, 3.63) is 54.1 Å². The average Bonchev–Trinajstić information content (AvgIpc) is 2.37. The first kappa shape index (κ1) is 13.3. The van der Waals surface area contributed by atoms with Crippen LogP contribution in [0.3, 0.4) is 0 Å². The first-order valence-electron chi connectivity index (χ1n) is 6.42. The van der Waals surface area contributed by atoms with Crippen LogP contribution in [0.15, 0.2) is 48.5 Å². The Morgan fingerprint density at radius 3 is 2.63 bits per heavy atom. The molecular weight excluding hydrogens is 238 g/mol. The third kappa shape index (κ3) is 3.91. The highest BCUT2D eigenvalue weighted by atomic mass is 16.5. The summed E-state index contributed by atoms with van der Waals surface area (Å²) in [6.07, 6.45) is 0.142. The van der Waals surface area contributed by atoms with Gasteiger partial charge < -0.3 is 15.2 Å². The van der Waals surface area contributed by atoms with Crippen molar-refractivity contribution in [2.75, 3.05) is 5.32 Å². The van der Waals surface area contributed by atoms with E-state index in [0.717, 1.165) is 17.0 Å². The Hall–Kier alpha value is -2.16. The second-order valence-electron chi connectivity index (χ2n) is 4.69. The van der Waals surface area contributed by atoms with Crippen molar-refractivity contribution >= 4 is 5.69 Å². The second kappa shape index (κ2) is 6.14. The Morgan fingerprint density at radius 1 is 1.11 bits per heavy atom. The highest BCUT2D eigenvalue weighted by Gasteiger charge is 2.04. The second-order valence-corrected chi connectivity index (χ2v) is 4.69. The number of benzene rings is 2. The van der Waals surface area contributed by atoms with E-state index in [2.05, 4.69) is 5.32 Å². The molecule has 2 rings (SSSR count). The van der Waals surface area contributed by atoms with E-state index in [0.29, 0.717) is 6.54 Å². The number of phenols is 1. The molecule has 2 aromatic rings. The Labute approximate surface area is 113 Å². The van der Waals surface area contributed by atoms with E-state index in [4.69, 9.17) is 4.74 Å². The van der Waals surface area contributed by atoms with Gasteiger partial charge in [0.25, 0.3) is 0 Å². The van der Waals surface area contributed by atoms with Gasteiger partial charge in [-0.3, -0.25) is 0 Å². The van der Waals surface area contributed by atoms with Gasteiger partial charge in [0, 0.05) is 6.54 Å². The van der Waals surface area contributed by atoms with Gasteiger partial charge >= 0.3 is 0 Å². The zero-order chi connectivity index (χ0) is 13.7. The standard InChI is InChI=1S/C16H19NO2/c1-12(2)19-16-9-4-3-8-15(16)17-11-13-6-5-7-14(18)10-13/h3-10,12,17-18H,11H2,1-2H3. The molecule has 0 aliphatic heterocycles. The molecule has 0 unspecified atom stereocenters. The van der Waals surface area contributed by atoms with Crippen molar-refractivity contribution in [3.8, 4) is 11.5 Å². The highest BCUT2D eigenvalue weighted by molar-refractivity contribution is 5.56. The number of rotatable bonds is 5. The molecule has 0 atom stereocenters. The van der Waals surface area contributed by atoms with E-state index < -0.39 is 0 Å². The van der Waals surface area contributed by atoms with Crippen LogP contribution in [-0.2, 0) is 6.54 Å². The number of aromatic hydroxyl groups is 1. The topological polar surface area (TPSA) is 41.5 Å². The summed E-state index contributed by atoms with van der Waals surface area (Å²) >= 11 is 0. The van der Waals surface area contributed by atoms with Crippen LogP contribution >= 0.6 is 0 Å². The van der Waals surface area contributed by atoms with Gasteiger partial charge in [-0.05, 0) is 43.7 Å². The van der Waals surface area contributed by atoms with Crippen molar-refractivity contribution in [3.63, 3.8) is 0 Å². The van der Waals surface area contributed by atoms with Crippen LogP contribution in [0.4, 0.5) is 5.69 Å². The molecule has 0 amide bonds. The normalized spacial score (nSPS) is 10.5. The summed E-state index contributed by atoms with van der Waals surface area (Å²) in [6, 6.07) is 15.1. The summed E-state index contributed by atoms with van der Waals surface area (Å²) < 4.78 is 5.75. The minimum Gasteiger partial charge on any atom is -0.508 e. The van der Waals surface area contributed by atoms with E-state index in [1.807, 2.05) is 50.2 Å². The van der Waals surface area contributed by atoms with E-state index in [9.17, 15) is 5.11 Å². The summed E-state index contributed by atoms with van der Waals surface area (Å²) in [6.45, 7) is 4.66. The van der Waals surface area contributed by atoms with Crippen LogP contribution in [-0.4, -0.2) is 11.2 Å². The van der Waals surface area contributed by atoms with Crippen LogP contribution in [0.2, 0.25) is 0 Å². The summed E-state index contributed by atoms with van der Waals surface area (Å²) in [7, 11) is 0. The van der Waals surface area contributed by atoms with Crippen molar-refractivity contribution in [1.82, 2.24) is 0 Å². The summed E-state index contributed by atoms with van der Waals surface area (Å²) in [5, 5.41) is 12.8. The largest absolute Gasteiger partial charge is 0.508 e. The fraction of sp³-hybridized carbons (Fsp3) is 0.250. The van der Waals surface area contributed by atoms with Gasteiger partial charge in [-0.2, -0.15) is 0 Å². The molecule has 0 radical (unpaired) electrons. The number of para-hydroxylation sites is 2. The molecule has 0 saturated carbocycles. The molecular formula is C16H19NO2. The van der Waals surface area contributed by atoms with Crippen LogP contribution in [0.25, 0.3) is 0 Å². The Kier molecular flexibility index (Phi) is 4.29. The van der Waals surface area contributed by atoms with Crippen molar-refractivity contribution in [2.24, 2.45) is 0 Å². The van der Waals surface area contributed by atoms with E-state index in [-0.39, 0.29) is 11.9 Å². The maximum atomic E-state index is 9.43. The van der Waals surface area contributed by atoms with Gasteiger partial charge in [-0.1, -0.05) is 24.3 Å². The maximum absolute atomic E-state index is 9.43. The quantitative estimate of drug-likeness (QED) is 0.856. The van der Waals surface area contributed by atoms with E-state index >= 15 is 0 Å². The summed E-state index contributed by atoms with van der Waals surface area (Å²) in [5.74, 6) is 1.13. The fourth-order valence-corrected chi connectivity index (χ4v) is 1.83. The van der Waals surface area contributed by atoms with Gasteiger partial charge in [0.2, 0.25) is 0 Å². The monoisotopic (exact) mass is 257 g/mol. The van der Waals surface area contributed by atoms with Gasteiger partial charge in [0.15, 0.2) is 0 Å². The van der Waals surface area contributed by atoms with Gasteiger partial charge in [0.1, 0.15) is 11.5 Å². The summed E-state index contributed by atoms with van der Waals surface area (Å²) in [5.41, 5.74) is 1.99. The lowest BCUT2D eigenvalue weighted by molar-refractivity contribution is 0.243. The molecule has 0 aliphatic rings. The molecule has 3 heteroatoms. The SMILES string of the molecule is CC(C)Oc1ccccc1NCc1cccc(O)c1. The molecule has 19 heavy (non-hydrogen) atoms. The van der Waals surface area contributed by atoms with Crippen LogP contribution in [0.1, 0.15) is 19.4 Å². The molecule has 0 spiro atoms. The number of nitrogens with one attached hydrogen (secondary N) is 1. The number of hydrogen-bond donors (Lipinski definition) is 2. The zero-order valence-corrected chi connectivity index (χ0v) is 11.3. The molecule has 2 N–H and O–H groups in total. The minimum absolute atomic E-state index is 0.142. The summed E-state index contributed by atoms with van der Waals surface area (Å²) in [4.78, 5) is 0. The zero-order valence-electron chi connectivity index (χ0n) is 11.3. The maximum Gasteiger partial charge on any atom is 0.142 e. The smallest absolute Gasteiger partial charge is 0.142 e. The lowest BCUT2D eigenvalue weighted by atomic mass is 10.2. The number of anilines is 1. The number of ether oxygens (including phenoxy) is 1. The lowest BCUT2D eigenvalue weighted by Gasteiger charge is -2.15. The minimum atomic E-state index is 0.142. The third-order valence-corrected chi connectivity index (χ3v) is 2.64. The Bertz CT molecular complexity index is 538. The molecule has 0 aliphatic carbocycles. The van der Waals surface area contributed by atoms with Crippen LogP contribution in [0, 0.1) is 0 Å². The molecule has 0 heterocycles. The lowest BCUT2D eigenvalue weighted by Crippen LogP contribution is -2.08. The van der Waals surface area contributed by atoms with Crippen molar-refractivity contribution in [2.45, 2.75) is 26.5 Å². The van der Waals surface area contributed by atoms with Gasteiger partial charge in [-0.25, -0.2) is 0 Å². The van der Waals surface area contributed by atoms with Gasteiger partial charge in [-0.15, -0.1) is 0 Å². The Balaban J connectivity index is 2.07. The molecule has 0 aromatic heterocycles. The molecule has 100 valence electrons. The number of hydrogen-bond acceptors (Lipinski definition) is 3. The van der Waals surface area contributed by atoms with Crippen LogP contribution < -0.4 is 10.1 Å². The Morgan fingerprint density at radius 2 is 1.89 bits per heavy atom. The van der Waals surface area contributed by atoms with Gasteiger partial charge in [0.05, 0.1) is 11.8 Å². The van der Waals surface area contributed by atoms with Crippen molar-refractivity contribution < 1.29 is 9.84 Å². The van der Waals surface area contributed by atoms with E-state index in [1.165, 1.54) is 0 Å². The fourth-order valence-electron chi connectivity index (χ4n) is 1.83. The first-order chi connectivity index (χ1) is 9.15. The molecule has 3 nitrogen and oxygen atoms in total. The predicted octanol–water partition coefficient (Wildman–Crippen LogP) is 3.79. The molecule has 2 aromatic carbocycles. The molecule has 0 saturated heterocycles. The molecule has 0 bridgehead atoms. The first-order valence-corrected chi connectivity index (χ1v) is 6.42. The average molecular weight is 257 g/mol.